The van der Waals surface area contributed by atoms with Gasteiger partial charge in [0, 0.05) is 49.9 Å². The van der Waals surface area contributed by atoms with Gasteiger partial charge in [0.1, 0.15) is 0 Å². The van der Waals surface area contributed by atoms with Crippen molar-refractivity contribution in [1.29, 1.82) is 0 Å². The number of benzene rings is 1. The number of rotatable bonds is 8. The predicted molar refractivity (Wildman–Crippen MR) is 154 cm³/mol. The van der Waals surface area contributed by atoms with E-state index in [-0.39, 0.29) is 35.9 Å². The van der Waals surface area contributed by atoms with Gasteiger partial charge in [0.05, 0.1) is 17.7 Å². The molecule has 1 saturated heterocycles. The van der Waals surface area contributed by atoms with Gasteiger partial charge in [-0.2, -0.15) is 0 Å². The Morgan fingerprint density at radius 3 is 2.31 bits per heavy atom. The molecule has 1 saturated carbocycles. The zero-order chi connectivity index (χ0) is 28.2. The minimum absolute atomic E-state index is 0.000962. The first-order valence-electron chi connectivity index (χ1n) is 14.7. The number of amides is 2. The number of hydrogen-bond acceptors (Lipinski definition) is 4. The Kier molecular flexibility index (Phi) is 9.31. The van der Waals surface area contributed by atoms with Crippen molar-refractivity contribution in [3.8, 4) is 11.1 Å². The lowest BCUT2D eigenvalue weighted by molar-refractivity contribution is -0.140. The molecule has 2 amide bonds. The van der Waals surface area contributed by atoms with Gasteiger partial charge < -0.3 is 19.5 Å². The zero-order valence-electron chi connectivity index (χ0n) is 24.1. The molecule has 7 heteroatoms. The molecule has 212 valence electrons. The number of carbonyl (C=O) groups is 2. The first-order valence-corrected chi connectivity index (χ1v) is 14.7. The van der Waals surface area contributed by atoms with E-state index in [1.165, 1.54) is 42.7 Å². The van der Waals surface area contributed by atoms with Crippen LogP contribution in [0.25, 0.3) is 11.1 Å². The van der Waals surface area contributed by atoms with Crippen LogP contribution in [0, 0.1) is 11.8 Å². The highest BCUT2D eigenvalue weighted by Gasteiger charge is 2.36. The Hall–Kier alpha value is -2.93. The summed E-state index contributed by atoms with van der Waals surface area (Å²) in [7, 11) is 1.76. The van der Waals surface area contributed by atoms with Crippen molar-refractivity contribution in [1.82, 2.24) is 14.4 Å². The summed E-state index contributed by atoms with van der Waals surface area (Å²) >= 11 is 0. The maximum absolute atomic E-state index is 13.4. The van der Waals surface area contributed by atoms with Crippen LogP contribution in [-0.2, 0) is 11.3 Å². The van der Waals surface area contributed by atoms with Crippen LogP contribution in [-0.4, -0.2) is 63.1 Å². The molecule has 2 aromatic rings. The summed E-state index contributed by atoms with van der Waals surface area (Å²) in [5.41, 5.74) is 0.449. The molecule has 2 aliphatic rings. The molecule has 39 heavy (non-hydrogen) atoms. The molecule has 2 fully saturated rings. The van der Waals surface area contributed by atoms with Gasteiger partial charge in [-0.25, -0.2) is 0 Å². The monoisotopic (exact) mass is 535 g/mol. The second-order valence-electron chi connectivity index (χ2n) is 12.1. The lowest BCUT2D eigenvalue weighted by atomic mass is 9.82. The molecule has 1 aromatic heterocycles. The van der Waals surface area contributed by atoms with Gasteiger partial charge in [0.25, 0.3) is 11.5 Å². The number of pyridine rings is 1. The Morgan fingerprint density at radius 2 is 1.69 bits per heavy atom. The Morgan fingerprint density at radius 1 is 1.05 bits per heavy atom. The SMILES string of the molecule is CC(C)N(C)C(=O)c1cn(CC2(O)CCN(C(=O)[C@H](C)CC3CCCCC3)CC2)c(=O)cc1-c1ccccc1. The molecule has 0 spiro atoms. The summed E-state index contributed by atoms with van der Waals surface area (Å²) in [6.45, 7) is 6.98. The average Bonchev–Trinajstić information content (AvgIpc) is 2.94. The number of likely N-dealkylation sites (tertiary alicyclic amines) is 1. The molecule has 4 rings (SSSR count). The lowest BCUT2D eigenvalue weighted by Crippen LogP contribution is -2.50. The number of aromatic nitrogens is 1. The van der Waals surface area contributed by atoms with E-state index < -0.39 is 5.60 Å². The number of aliphatic hydroxyl groups is 1. The summed E-state index contributed by atoms with van der Waals surface area (Å²) in [6.07, 6.45) is 9.67. The second kappa shape index (κ2) is 12.5. The third kappa shape index (κ3) is 6.99. The fourth-order valence-electron chi connectivity index (χ4n) is 6.10. The quantitative estimate of drug-likeness (QED) is 0.518. The lowest BCUT2D eigenvalue weighted by Gasteiger charge is -2.39. The Bertz CT molecular complexity index is 1190. The number of hydrogen-bond donors (Lipinski definition) is 1. The van der Waals surface area contributed by atoms with Gasteiger partial charge in [0.15, 0.2) is 0 Å². The summed E-state index contributed by atoms with van der Waals surface area (Å²) in [5, 5.41) is 11.5. The largest absolute Gasteiger partial charge is 0.388 e. The molecule has 1 aromatic carbocycles. The fourth-order valence-corrected chi connectivity index (χ4v) is 6.10. The number of nitrogens with zero attached hydrogens (tertiary/aromatic N) is 3. The molecule has 1 atom stereocenters. The Labute approximate surface area is 232 Å². The molecule has 1 N–H and O–H groups in total. The van der Waals surface area contributed by atoms with E-state index >= 15 is 0 Å². The van der Waals surface area contributed by atoms with E-state index in [2.05, 4.69) is 0 Å². The zero-order valence-corrected chi connectivity index (χ0v) is 24.1. The van der Waals surface area contributed by atoms with Crippen molar-refractivity contribution in [2.45, 2.75) is 90.3 Å². The number of piperidine rings is 1. The third-order valence-corrected chi connectivity index (χ3v) is 8.84. The molecular formula is C32H45N3O4. The van der Waals surface area contributed by atoms with Gasteiger partial charge >= 0.3 is 0 Å². The average molecular weight is 536 g/mol. The van der Waals surface area contributed by atoms with Crippen molar-refractivity contribution in [3.63, 3.8) is 0 Å². The third-order valence-electron chi connectivity index (χ3n) is 8.84. The molecule has 0 radical (unpaired) electrons. The highest BCUT2D eigenvalue weighted by molar-refractivity contribution is 6.00. The van der Waals surface area contributed by atoms with Crippen molar-refractivity contribution >= 4 is 11.8 Å². The summed E-state index contributed by atoms with van der Waals surface area (Å²) in [6, 6.07) is 10.9. The smallest absolute Gasteiger partial charge is 0.255 e. The highest BCUT2D eigenvalue weighted by atomic mass is 16.3. The van der Waals surface area contributed by atoms with Crippen LogP contribution >= 0.6 is 0 Å². The van der Waals surface area contributed by atoms with Crippen molar-refractivity contribution in [2.24, 2.45) is 11.8 Å². The molecule has 1 aliphatic carbocycles. The normalized spacial score (nSPS) is 18.7. The minimum atomic E-state index is -1.12. The maximum atomic E-state index is 13.4. The molecule has 1 aliphatic heterocycles. The standard InChI is InChI=1S/C32H45N3O4/c1-23(2)33(4)31(38)28-21-35(29(36)20-27(28)26-13-9-6-10-14-26)22-32(39)15-17-34(18-16-32)30(37)24(3)19-25-11-7-5-8-12-25/h6,9-10,13-14,20-21,23-25,39H,5,7-8,11-12,15-19,22H2,1-4H3/t24-/m1/s1. The summed E-state index contributed by atoms with van der Waals surface area (Å²) in [5.74, 6) is 0.657. The van der Waals surface area contributed by atoms with E-state index in [1.54, 1.807) is 18.1 Å². The van der Waals surface area contributed by atoms with Crippen LogP contribution in [0.15, 0.2) is 47.4 Å². The molecule has 0 unspecified atom stereocenters. The molecule has 7 nitrogen and oxygen atoms in total. The van der Waals surface area contributed by atoms with E-state index in [0.29, 0.717) is 43.0 Å². The van der Waals surface area contributed by atoms with E-state index in [4.69, 9.17) is 0 Å². The van der Waals surface area contributed by atoms with Gasteiger partial charge in [-0.15, -0.1) is 0 Å². The second-order valence-corrected chi connectivity index (χ2v) is 12.1. The van der Waals surface area contributed by atoms with Crippen LogP contribution < -0.4 is 5.56 Å². The highest BCUT2D eigenvalue weighted by Crippen LogP contribution is 2.31. The van der Waals surface area contributed by atoms with E-state index in [1.807, 2.05) is 56.0 Å². The molecular weight excluding hydrogens is 490 g/mol. The van der Waals surface area contributed by atoms with Crippen molar-refractivity contribution in [2.75, 3.05) is 20.1 Å². The van der Waals surface area contributed by atoms with E-state index in [9.17, 15) is 19.5 Å². The molecule has 2 heterocycles. The minimum Gasteiger partial charge on any atom is -0.388 e. The fraction of sp³-hybridized carbons (Fsp3) is 0.594. The number of carbonyl (C=O) groups excluding carboxylic acids is 2. The van der Waals surface area contributed by atoms with Crippen LogP contribution in [0.1, 0.15) is 82.5 Å². The predicted octanol–water partition coefficient (Wildman–Crippen LogP) is 4.96. The van der Waals surface area contributed by atoms with Crippen molar-refractivity contribution in [3.05, 3.63) is 58.5 Å². The van der Waals surface area contributed by atoms with Crippen LogP contribution in [0.2, 0.25) is 0 Å². The Balaban J connectivity index is 1.49. The first-order chi connectivity index (χ1) is 18.6. The van der Waals surface area contributed by atoms with Crippen LogP contribution in [0.5, 0.6) is 0 Å². The van der Waals surface area contributed by atoms with Crippen LogP contribution in [0.3, 0.4) is 0 Å². The maximum Gasteiger partial charge on any atom is 0.255 e. The van der Waals surface area contributed by atoms with Gasteiger partial charge in [-0.1, -0.05) is 69.4 Å². The van der Waals surface area contributed by atoms with Gasteiger partial charge in [-0.3, -0.25) is 14.4 Å². The summed E-state index contributed by atoms with van der Waals surface area (Å²) in [4.78, 5) is 43.4. The van der Waals surface area contributed by atoms with Gasteiger partial charge in [0.2, 0.25) is 5.91 Å². The van der Waals surface area contributed by atoms with Crippen LogP contribution in [0.4, 0.5) is 0 Å². The first kappa shape index (κ1) is 29.1. The van der Waals surface area contributed by atoms with E-state index in [0.717, 1.165) is 12.0 Å². The molecule has 0 bridgehead atoms. The van der Waals surface area contributed by atoms with Gasteiger partial charge in [-0.05, 0) is 44.6 Å². The summed E-state index contributed by atoms with van der Waals surface area (Å²) < 4.78 is 1.47. The van der Waals surface area contributed by atoms with Crippen molar-refractivity contribution < 1.29 is 14.7 Å². The topological polar surface area (TPSA) is 82.8 Å².